The average Bonchev–Trinajstić information content (AvgIpc) is 3.21. The van der Waals surface area contributed by atoms with Crippen molar-refractivity contribution in [2.45, 2.75) is 19.6 Å². The summed E-state index contributed by atoms with van der Waals surface area (Å²) in [6.07, 6.45) is 9.64. The van der Waals surface area contributed by atoms with Crippen molar-refractivity contribution in [2.24, 2.45) is 5.92 Å². The van der Waals surface area contributed by atoms with E-state index in [1.54, 1.807) is 6.07 Å². The number of aromatic nitrogens is 2. The molecule has 0 saturated carbocycles. The fourth-order valence-corrected chi connectivity index (χ4v) is 3.03. The van der Waals surface area contributed by atoms with E-state index in [1.807, 2.05) is 18.2 Å². The van der Waals surface area contributed by atoms with Crippen molar-refractivity contribution in [3.63, 3.8) is 0 Å². The number of rotatable bonds is 4. The predicted molar refractivity (Wildman–Crippen MR) is 89.7 cm³/mol. The van der Waals surface area contributed by atoms with E-state index in [-0.39, 0.29) is 6.61 Å². The van der Waals surface area contributed by atoms with Crippen molar-refractivity contribution in [1.82, 2.24) is 9.78 Å². The van der Waals surface area contributed by atoms with Crippen LogP contribution >= 0.6 is 0 Å². The molecule has 0 bridgehead atoms. The highest BCUT2D eigenvalue weighted by molar-refractivity contribution is 5.92. The monoisotopic (exact) mass is 306 g/mol. The lowest BCUT2D eigenvalue weighted by Gasteiger charge is -2.13. The van der Waals surface area contributed by atoms with Crippen molar-refractivity contribution >= 4 is 10.9 Å². The summed E-state index contributed by atoms with van der Waals surface area (Å²) in [5, 5.41) is 15.1. The minimum atomic E-state index is -0.0994. The maximum atomic E-state index is 9.20. The van der Waals surface area contributed by atoms with Crippen molar-refractivity contribution in [1.29, 1.82) is 0 Å². The molecule has 116 valence electrons. The van der Waals surface area contributed by atoms with Gasteiger partial charge in [0, 0.05) is 17.8 Å². The molecular formula is C19H18N2O2. The maximum absolute atomic E-state index is 9.20. The van der Waals surface area contributed by atoms with Crippen molar-refractivity contribution < 1.29 is 9.52 Å². The van der Waals surface area contributed by atoms with Crippen LogP contribution in [0.5, 0.6) is 0 Å². The molecule has 1 aliphatic carbocycles. The minimum absolute atomic E-state index is 0.0994. The average molecular weight is 306 g/mol. The van der Waals surface area contributed by atoms with Crippen LogP contribution in [0, 0.1) is 5.92 Å². The zero-order valence-corrected chi connectivity index (χ0v) is 12.7. The smallest absolute Gasteiger partial charge is 0.155 e. The summed E-state index contributed by atoms with van der Waals surface area (Å²) in [5.74, 6) is 1.71. The van der Waals surface area contributed by atoms with Crippen molar-refractivity contribution in [3.05, 3.63) is 66.5 Å². The van der Waals surface area contributed by atoms with Crippen LogP contribution in [0.25, 0.3) is 22.4 Å². The fourth-order valence-electron chi connectivity index (χ4n) is 3.03. The molecule has 2 aromatic heterocycles. The fraction of sp³-hybridized carbons (Fsp3) is 0.211. The third-order valence-corrected chi connectivity index (χ3v) is 4.19. The van der Waals surface area contributed by atoms with E-state index in [1.165, 1.54) is 0 Å². The van der Waals surface area contributed by atoms with Crippen LogP contribution in [0.4, 0.5) is 0 Å². The summed E-state index contributed by atoms with van der Waals surface area (Å²) in [5.41, 5.74) is 1.93. The van der Waals surface area contributed by atoms with E-state index in [0.29, 0.717) is 17.4 Å². The lowest BCUT2D eigenvalue weighted by atomic mass is 10.0. The molecule has 1 N–H and O–H groups in total. The van der Waals surface area contributed by atoms with E-state index in [4.69, 9.17) is 9.52 Å². The number of allylic oxidation sites excluding steroid dienone is 4. The second kappa shape index (κ2) is 5.89. The second-order valence-corrected chi connectivity index (χ2v) is 5.78. The summed E-state index contributed by atoms with van der Waals surface area (Å²) in [4.78, 5) is 0. The molecule has 0 saturated heterocycles. The molecule has 3 aromatic rings. The largest absolute Gasteiger partial charge is 0.457 e. The molecule has 4 rings (SSSR count). The maximum Gasteiger partial charge on any atom is 0.155 e. The minimum Gasteiger partial charge on any atom is -0.457 e. The third kappa shape index (κ3) is 2.62. The van der Waals surface area contributed by atoms with Gasteiger partial charge in [0.05, 0.1) is 5.52 Å². The van der Waals surface area contributed by atoms with Gasteiger partial charge in [0.2, 0.25) is 0 Å². The Morgan fingerprint density at radius 1 is 1.17 bits per heavy atom. The molecule has 1 atom stereocenters. The number of aliphatic hydroxyl groups is 1. The highest BCUT2D eigenvalue weighted by Crippen LogP contribution is 2.30. The van der Waals surface area contributed by atoms with Crippen LogP contribution < -0.4 is 0 Å². The first kappa shape index (κ1) is 14.0. The van der Waals surface area contributed by atoms with E-state index < -0.39 is 0 Å². The summed E-state index contributed by atoms with van der Waals surface area (Å²) in [6.45, 7) is 0.743. The van der Waals surface area contributed by atoms with Gasteiger partial charge in [-0.3, -0.25) is 4.68 Å². The van der Waals surface area contributed by atoms with Gasteiger partial charge in [-0.15, -0.1) is 0 Å². The van der Waals surface area contributed by atoms with Gasteiger partial charge in [0.1, 0.15) is 18.1 Å². The van der Waals surface area contributed by atoms with Crippen LogP contribution in [0.15, 0.2) is 65.1 Å². The highest BCUT2D eigenvalue weighted by Gasteiger charge is 2.17. The number of fused-ring (bicyclic) bond motifs is 1. The third-order valence-electron chi connectivity index (χ3n) is 4.19. The first-order chi connectivity index (χ1) is 11.3. The Morgan fingerprint density at radius 2 is 2.09 bits per heavy atom. The standard InChI is InChI=1S/C19H18N2O2/c22-13-15-10-11-18(23-15)19-16-8-4-5-9-17(16)21(20-19)12-14-6-2-1-3-7-14/h1-6,8-11,14,22H,7,12-13H2. The Hall–Kier alpha value is -2.59. The molecule has 0 radical (unpaired) electrons. The molecule has 0 spiro atoms. The molecule has 4 heteroatoms. The van der Waals surface area contributed by atoms with E-state index in [9.17, 15) is 5.11 Å². The molecule has 1 aromatic carbocycles. The predicted octanol–water partition coefficient (Wildman–Crippen LogP) is 3.92. The van der Waals surface area contributed by atoms with Crippen molar-refractivity contribution in [3.8, 4) is 11.5 Å². The molecular weight excluding hydrogens is 288 g/mol. The van der Waals surface area contributed by atoms with Gasteiger partial charge in [-0.2, -0.15) is 5.10 Å². The molecule has 0 fully saturated rings. The molecule has 1 aliphatic rings. The van der Waals surface area contributed by atoms with E-state index in [2.05, 4.69) is 41.1 Å². The van der Waals surface area contributed by atoms with Gasteiger partial charge < -0.3 is 9.52 Å². The Labute approximate surface area is 134 Å². The van der Waals surface area contributed by atoms with E-state index >= 15 is 0 Å². The SMILES string of the molecule is OCc1ccc(-c2nn(CC3C=CC=CC3)c3ccccc23)o1. The van der Waals surface area contributed by atoms with Crippen LogP contribution in [-0.2, 0) is 13.2 Å². The number of para-hydroxylation sites is 1. The number of hydrogen-bond donors (Lipinski definition) is 1. The van der Waals surface area contributed by atoms with Crippen molar-refractivity contribution in [2.75, 3.05) is 0 Å². The lowest BCUT2D eigenvalue weighted by Crippen LogP contribution is -2.10. The molecule has 4 nitrogen and oxygen atoms in total. The van der Waals surface area contributed by atoms with Gasteiger partial charge in [-0.1, -0.05) is 42.5 Å². The zero-order valence-electron chi connectivity index (χ0n) is 12.7. The van der Waals surface area contributed by atoms with Gasteiger partial charge in [0.15, 0.2) is 5.76 Å². The summed E-state index contributed by atoms with van der Waals surface area (Å²) < 4.78 is 7.73. The molecule has 23 heavy (non-hydrogen) atoms. The molecule has 1 unspecified atom stereocenters. The summed E-state index contributed by atoms with van der Waals surface area (Å²) >= 11 is 0. The number of hydrogen-bond acceptors (Lipinski definition) is 3. The topological polar surface area (TPSA) is 51.2 Å². The first-order valence-corrected chi connectivity index (χ1v) is 7.84. The summed E-state index contributed by atoms with van der Waals surface area (Å²) in [6, 6.07) is 11.8. The number of benzene rings is 1. The molecule has 0 aliphatic heterocycles. The second-order valence-electron chi connectivity index (χ2n) is 5.78. The quantitative estimate of drug-likeness (QED) is 0.795. The normalized spacial score (nSPS) is 17.2. The van der Waals surface area contributed by atoms with Crippen LogP contribution in [-0.4, -0.2) is 14.9 Å². The van der Waals surface area contributed by atoms with Gasteiger partial charge in [0.25, 0.3) is 0 Å². The van der Waals surface area contributed by atoms with Crippen LogP contribution in [0.2, 0.25) is 0 Å². The van der Waals surface area contributed by atoms with Gasteiger partial charge in [-0.25, -0.2) is 0 Å². The lowest BCUT2D eigenvalue weighted by molar-refractivity contribution is 0.248. The number of nitrogens with zero attached hydrogens (tertiary/aromatic N) is 2. The highest BCUT2D eigenvalue weighted by atomic mass is 16.4. The molecule has 2 heterocycles. The Kier molecular flexibility index (Phi) is 3.60. The van der Waals surface area contributed by atoms with E-state index in [0.717, 1.165) is 29.6 Å². The Balaban J connectivity index is 1.76. The van der Waals surface area contributed by atoms with Gasteiger partial charge >= 0.3 is 0 Å². The Morgan fingerprint density at radius 3 is 2.87 bits per heavy atom. The molecule has 0 amide bonds. The Bertz CT molecular complexity index is 886. The van der Waals surface area contributed by atoms with Gasteiger partial charge in [-0.05, 0) is 24.6 Å². The van der Waals surface area contributed by atoms with Crippen LogP contribution in [0.1, 0.15) is 12.2 Å². The summed E-state index contributed by atoms with van der Waals surface area (Å²) in [7, 11) is 0. The van der Waals surface area contributed by atoms with Crippen LogP contribution in [0.3, 0.4) is 0 Å². The zero-order chi connectivity index (χ0) is 15.6. The first-order valence-electron chi connectivity index (χ1n) is 7.84. The number of furan rings is 1. The number of aliphatic hydroxyl groups excluding tert-OH is 1.